The molecule has 0 radical (unpaired) electrons. The maximum atomic E-state index is 5.93. The zero-order valence-electron chi connectivity index (χ0n) is 8.79. The number of hydrogen-bond acceptors (Lipinski definition) is 4. The van der Waals surface area contributed by atoms with Gasteiger partial charge in [-0.15, -0.1) is 0 Å². The molecule has 0 aromatic rings. The van der Waals surface area contributed by atoms with Gasteiger partial charge in [0.1, 0.15) is 0 Å². The summed E-state index contributed by atoms with van der Waals surface area (Å²) in [5.74, 6) is 0.804. The first-order valence-electron chi connectivity index (χ1n) is 5.05. The largest absolute Gasteiger partial charge is 0.402 e. The quantitative estimate of drug-likeness (QED) is 0.541. The second kappa shape index (κ2) is 5.54. The van der Waals surface area contributed by atoms with E-state index in [1.54, 1.807) is 0 Å². The molecule has 1 fully saturated rings. The molecule has 1 heterocycles. The van der Waals surface area contributed by atoms with Crippen LogP contribution in [0.3, 0.4) is 0 Å². The van der Waals surface area contributed by atoms with Crippen LogP contribution in [0.1, 0.15) is 13.3 Å². The fraction of sp³-hybridized carbons (Fsp3) is 0.600. The van der Waals surface area contributed by atoms with Crippen molar-refractivity contribution in [2.45, 2.75) is 13.3 Å². The third kappa shape index (κ3) is 3.70. The summed E-state index contributed by atoms with van der Waals surface area (Å²) >= 11 is 0. The summed E-state index contributed by atoms with van der Waals surface area (Å²) in [5, 5.41) is 3.33. The van der Waals surface area contributed by atoms with Gasteiger partial charge in [-0.3, -0.25) is 0 Å². The maximum Gasteiger partial charge on any atom is 0.0987 e. The summed E-state index contributed by atoms with van der Waals surface area (Å²) in [7, 11) is 0. The second-order valence-corrected chi connectivity index (χ2v) is 3.59. The van der Waals surface area contributed by atoms with E-state index >= 15 is 0 Å². The summed E-state index contributed by atoms with van der Waals surface area (Å²) in [6, 6.07) is 0. The highest BCUT2D eigenvalue weighted by Crippen LogP contribution is 2.01. The molecule has 1 saturated heterocycles. The minimum Gasteiger partial charge on any atom is -0.402 e. The van der Waals surface area contributed by atoms with Crippen molar-refractivity contribution in [1.29, 1.82) is 0 Å². The number of rotatable bonds is 2. The van der Waals surface area contributed by atoms with Crippen molar-refractivity contribution in [3.8, 4) is 0 Å². The lowest BCUT2D eigenvalue weighted by atomic mass is 10.3. The summed E-state index contributed by atoms with van der Waals surface area (Å²) < 4.78 is 0. The number of nitrogens with zero attached hydrogens (tertiary/aromatic N) is 1. The Morgan fingerprint density at radius 2 is 2.00 bits per heavy atom. The van der Waals surface area contributed by atoms with Gasteiger partial charge in [0.2, 0.25) is 0 Å². The lowest BCUT2D eigenvalue weighted by molar-refractivity contribution is 0.363. The Morgan fingerprint density at radius 1 is 1.21 bits per heavy atom. The molecule has 1 rings (SSSR count). The van der Waals surface area contributed by atoms with E-state index < -0.39 is 0 Å². The van der Waals surface area contributed by atoms with Crippen molar-refractivity contribution in [3.05, 3.63) is 23.7 Å². The average molecular weight is 196 g/mol. The molecular weight excluding hydrogens is 176 g/mol. The van der Waals surface area contributed by atoms with Crippen molar-refractivity contribution >= 4 is 0 Å². The van der Waals surface area contributed by atoms with Crippen LogP contribution in [0.25, 0.3) is 0 Å². The lowest BCUT2D eigenvalue weighted by Crippen LogP contribution is -2.31. The van der Waals surface area contributed by atoms with Gasteiger partial charge in [0.05, 0.1) is 5.82 Å². The molecule has 0 saturated carbocycles. The Morgan fingerprint density at radius 3 is 2.71 bits per heavy atom. The average Bonchev–Trinajstić information content (AvgIpc) is 2.42. The predicted octanol–water partition coefficient (Wildman–Crippen LogP) is -0.0557. The van der Waals surface area contributed by atoms with E-state index in [4.69, 9.17) is 11.5 Å². The van der Waals surface area contributed by atoms with E-state index in [2.05, 4.69) is 10.2 Å². The van der Waals surface area contributed by atoms with Crippen molar-refractivity contribution in [3.63, 3.8) is 0 Å². The zero-order chi connectivity index (χ0) is 10.4. The topological polar surface area (TPSA) is 67.3 Å². The first-order chi connectivity index (χ1) is 6.70. The fourth-order valence-corrected chi connectivity index (χ4v) is 1.43. The van der Waals surface area contributed by atoms with Gasteiger partial charge in [-0.1, -0.05) is 0 Å². The molecule has 1 aliphatic rings. The van der Waals surface area contributed by atoms with Crippen LogP contribution in [-0.2, 0) is 0 Å². The van der Waals surface area contributed by atoms with Crippen LogP contribution in [0.4, 0.5) is 0 Å². The molecule has 1 aliphatic heterocycles. The highest BCUT2D eigenvalue weighted by Gasteiger charge is 2.07. The highest BCUT2D eigenvalue weighted by atomic mass is 15.2. The number of nitrogens with one attached hydrogen (secondary N) is 1. The smallest absolute Gasteiger partial charge is 0.0987 e. The third-order valence-electron chi connectivity index (χ3n) is 2.22. The van der Waals surface area contributed by atoms with Gasteiger partial charge in [-0.05, 0) is 32.0 Å². The predicted molar refractivity (Wildman–Crippen MR) is 59.3 cm³/mol. The molecule has 0 aromatic carbocycles. The molecule has 0 aromatic heterocycles. The Hall–Kier alpha value is -1.16. The molecule has 5 N–H and O–H groups in total. The molecule has 0 bridgehead atoms. The van der Waals surface area contributed by atoms with Crippen LogP contribution >= 0.6 is 0 Å². The first-order valence-corrected chi connectivity index (χ1v) is 5.05. The van der Waals surface area contributed by atoms with Gasteiger partial charge >= 0.3 is 0 Å². The molecule has 0 spiro atoms. The molecule has 0 amide bonds. The number of nitrogens with two attached hydrogens (primary N) is 2. The van der Waals surface area contributed by atoms with Crippen LogP contribution in [-0.4, -0.2) is 31.1 Å². The van der Waals surface area contributed by atoms with Gasteiger partial charge in [-0.2, -0.15) is 0 Å². The molecule has 4 nitrogen and oxygen atoms in total. The summed E-state index contributed by atoms with van der Waals surface area (Å²) in [6.45, 7) is 5.93. The van der Waals surface area contributed by atoms with E-state index in [0.717, 1.165) is 44.1 Å². The monoisotopic (exact) mass is 196 g/mol. The van der Waals surface area contributed by atoms with Gasteiger partial charge < -0.3 is 21.7 Å². The summed E-state index contributed by atoms with van der Waals surface area (Å²) in [5.41, 5.74) is 12.2. The van der Waals surface area contributed by atoms with E-state index in [0.29, 0.717) is 0 Å². The van der Waals surface area contributed by atoms with E-state index in [-0.39, 0.29) is 0 Å². The van der Waals surface area contributed by atoms with E-state index in [9.17, 15) is 0 Å². The molecule has 0 unspecified atom stereocenters. The van der Waals surface area contributed by atoms with Gasteiger partial charge in [0, 0.05) is 25.3 Å². The van der Waals surface area contributed by atoms with Gasteiger partial charge in [-0.25, -0.2) is 0 Å². The van der Waals surface area contributed by atoms with Crippen LogP contribution in [0.5, 0.6) is 0 Å². The Balaban J connectivity index is 2.53. The molecule has 0 atom stereocenters. The summed E-state index contributed by atoms with van der Waals surface area (Å²) in [4.78, 5) is 2.18. The van der Waals surface area contributed by atoms with Crippen molar-refractivity contribution in [2.24, 2.45) is 11.5 Å². The van der Waals surface area contributed by atoms with E-state index in [1.807, 2.05) is 19.1 Å². The molecule has 4 heteroatoms. The van der Waals surface area contributed by atoms with Crippen LogP contribution < -0.4 is 16.8 Å². The van der Waals surface area contributed by atoms with Gasteiger partial charge in [0.15, 0.2) is 0 Å². The Labute approximate surface area is 85.6 Å². The minimum absolute atomic E-state index is 0.779. The highest BCUT2D eigenvalue weighted by molar-refractivity contribution is 5.12. The Bertz CT molecular complexity index is 220. The lowest BCUT2D eigenvalue weighted by Gasteiger charge is -2.21. The minimum atomic E-state index is 0.779. The van der Waals surface area contributed by atoms with Crippen molar-refractivity contribution in [2.75, 3.05) is 26.2 Å². The van der Waals surface area contributed by atoms with Crippen LogP contribution in [0, 0.1) is 0 Å². The standard InChI is InChI=1S/C10H20N4/c1-9(11)3-4-10(12)14-7-2-5-13-6-8-14/h3-4,13H,2,5-8,11-12H2,1H3/b9-3-,10-4+. The maximum absolute atomic E-state index is 5.93. The van der Waals surface area contributed by atoms with Crippen LogP contribution in [0.2, 0.25) is 0 Å². The third-order valence-corrected chi connectivity index (χ3v) is 2.22. The Kier molecular flexibility index (Phi) is 4.32. The fourth-order valence-electron chi connectivity index (χ4n) is 1.43. The number of hydrogen-bond donors (Lipinski definition) is 3. The first kappa shape index (κ1) is 10.9. The van der Waals surface area contributed by atoms with Crippen LogP contribution in [0.15, 0.2) is 23.7 Å². The van der Waals surface area contributed by atoms with E-state index in [1.165, 1.54) is 0 Å². The van der Waals surface area contributed by atoms with Crippen molar-refractivity contribution in [1.82, 2.24) is 10.2 Å². The molecular formula is C10H20N4. The normalized spacial score (nSPS) is 20.8. The SMILES string of the molecule is C/C(N)=C/C=C(\N)N1CCCNCC1. The number of allylic oxidation sites excluding steroid dienone is 3. The van der Waals surface area contributed by atoms with Gasteiger partial charge in [0.25, 0.3) is 0 Å². The molecule has 14 heavy (non-hydrogen) atoms. The van der Waals surface area contributed by atoms with Crippen molar-refractivity contribution < 1.29 is 0 Å². The summed E-state index contributed by atoms with van der Waals surface area (Å²) in [6.07, 6.45) is 4.86. The molecule has 80 valence electrons. The second-order valence-electron chi connectivity index (χ2n) is 3.59. The zero-order valence-corrected chi connectivity index (χ0v) is 8.79. The molecule has 0 aliphatic carbocycles.